The zero-order valence-corrected chi connectivity index (χ0v) is 12.8. The SMILES string of the molecule is CC(NS(=O)(=O)c1cc(CN)cc(F)c1F)C(C)(C)C. The number of hydrogen-bond acceptors (Lipinski definition) is 3. The van der Waals surface area contributed by atoms with Crippen LogP contribution in [0.4, 0.5) is 8.78 Å². The van der Waals surface area contributed by atoms with Crippen LogP contribution in [-0.2, 0) is 16.6 Å². The predicted molar refractivity (Wildman–Crippen MR) is 73.5 cm³/mol. The first-order valence-electron chi connectivity index (χ1n) is 6.19. The van der Waals surface area contributed by atoms with E-state index in [2.05, 4.69) is 4.72 Å². The number of nitrogens with one attached hydrogen (secondary N) is 1. The van der Waals surface area contributed by atoms with Gasteiger partial charge in [0.25, 0.3) is 0 Å². The molecule has 7 heteroatoms. The lowest BCUT2D eigenvalue weighted by molar-refractivity contribution is 0.317. The Morgan fingerprint density at radius 3 is 2.30 bits per heavy atom. The minimum atomic E-state index is -4.15. The fraction of sp³-hybridized carbons (Fsp3) is 0.538. The van der Waals surface area contributed by atoms with Crippen molar-refractivity contribution in [1.82, 2.24) is 4.72 Å². The van der Waals surface area contributed by atoms with E-state index in [0.29, 0.717) is 0 Å². The molecule has 0 saturated carbocycles. The fourth-order valence-corrected chi connectivity index (χ4v) is 2.99. The van der Waals surface area contributed by atoms with E-state index in [1.165, 1.54) is 0 Å². The summed E-state index contributed by atoms with van der Waals surface area (Å²) in [5.41, 5.74) is 5.21. The highest BCUT2D eigenvalue weighted by Crippen LogP contribution is 2.24. The molecular formula is C13H20F2N2O2S. The molecule has 114 valence electrons. The first-order chi connectivity index (χ1) is 8.99. The molecule has 1 aromatic rings. The van der Waals surface area contributed by atoms with Crippen molar-refractivity contribution in [2.24, 2.45) is 11.1 Å². The average molecular weight is 306 g/mol. The summed E-state index contributed by atoms with van der Waals surface area (Å²) in [5, 5.41) is 0. The van der Waals surface area contributed by atoms with Gasteiger partial charge in [0, 0.05) is 12.6 Å². The maximum Gasteiger partial charge on any atom is 0.243 e. The molecule has 0 amide bonds. The van der Waals surface area contributed by atoms with E-state index < -0.39 is 32.6 Å². The van der Waals surface area contributed by atoms with E-state index in [4.69, 9.17) is 5.73 Å². The summed E-state index contributed by atoms with van der Waals surface area (Å²) < 4.78 is 53.8. The van der Waals surface area contributed by atoms with Crippen LogP contribution < -0.4 is 10.5 Å². The van der Waals surface area contributed by atoms with Gasteiger partial charge in [0.15, 0.2) is 11.6 Å². The van der Waals surface area contributed by atoms with Gasteiger partial charge in [0.1, 0.15) is 4.90 Å². The number of sulfonamides is 1. The molecule has 1 unspecified atom stereocenters. The van der Waals surface area contributed by atoms with Crippen LogP contribution in [0.1, 0.15) is 33.3 Å². The molecule has 0 radical (unpaired) electrons. The van der Waals surface area contributed by atoms with Crippen LogP contribution in [0, 0.1) is 17.0 Å². The second-order valence-corrected chi connectivity index (χ2v) is 7.49. The molecule has 1 atom stereocenters. The Hall–Kier alpha value is -1.05. The number of halogens is 2. The van der Waals surface area contributed by atoms with E-state index in [1.807, 2.05) is 20.8 Å². The van der Waals surface area contributed by atoms with Gasteiger partial charge in [-0.3, -0.25) is 0 Å². The van der Waals surface area contributed by atoms with E-state index >= 15 is 0 Å². The van der Waals surface area contributed by atoms with Gasteiger partial charge < -0.3 is 5.73 Å². The maximum atomic E-state index is 13.7. The van der Waals surface area contributed by atoms with Crippen molar-refractivity contribution in [2.45, 2.75) is 45.2 Å². The third-order valence-electron chi connectivity index (χ3n) is 3.21. The van der Waals surface area contributed by atoms with Gasteiger partial charge in [-0.2, -0.15) is 0 Å². The third-order valence-corrected chi connectivity index (χ3v) is 4.75. The van der Waals surface area contributed by atoms with Gasteiger partial charge in [-0.15, -0.1) is 0 Å². The van der Waals surface area contributed by atoms with E-state index in [1.54, 1.807) is 6.92 Å². The summed E-state index contributed by atoms with van der Waals surface area (Å²) in [4.78, 5) is -0.714. The zero-order chi connectivity index (χ0) is 15.7. The monoisotopic (exact) mass is 306 g/mol. The Labute approximate surface area is 118 Å². The topological polar surface area (TPSA) is 72.2 Å². The summed E-state index contributed by atoms with van der Waals surface area (Å²) in [5.74, 6) is -2.62. The van der Waals surface area contributed by atoms with Crippen molar-refractivity contribution in [3.63, 3.8) is 0 Å². The number of hydrogen-bond donors (Lipinski definition) is 2. The highest BCUT2D eigenvalue weighted by molar-refractivity contribution is 7.89. The number of benzene rings is 1. The Kier molecular flexibility index (Phi) is 4.89. The molecule has 3 N–H and O–H groups in total. The molecule has 1 rings (SSSR count). The lowest BCUT2D eigenvalue weighted by Crippen LogP contribution is -2.41. The maximum absolute atomic E-state index is 13.7. The summed E-state index contributed by atoms with van der Waals surface area (Å²) in [6, 6.07) is 1.49. The molecule has 1 aromatic carbocycles. The van der Waals surface area contributed by atoms with Gasteiger partial charge in [-0.25, -0.2) is 21.9 Å². The molecule has 0 saturated heterocycles. The molecular weight excluding hydrogens is 286 g/mol. The molecule has 0 aliphatic rings. The van der Waals surface area contributed by atoms with E-state index in [0.717, 1.165) is 12.1 Å². The van der Waals surface area contributed by atoms with E-state index in [-0.39, 0.29) is 17.5 Å². The van der Waals surface area contributed by atoms with Gasteiger partial charge in [-0.05, 0) is 30.0 Å². The quantitative estimate of drug-likeness (QED) is 0.895. The van der Waals surface area contributed by atoms with Crippen LogP contribution >= 0.6 is 0 Å². The lowest BCUT2D eigenvalue weighted by Gasteiger charge is -2.27. The molecule has 0 spiro atoms. The molecule has 0 aliphatic carbocycles. The molecule has 0 heterocycles. The fourth-order valence-electron chi connectivity index (χ4n) is 1.40. The first-order valence-corrected chi connectivity index (χ1v) is 7.67. The van der Waals surface area contributed by atoms with Crippen LogP contribution in [0.15, 0.2) is 17.0 Å². The van der Waals surface area contributed by atoms with Crippen LogP contribution in [-0.4, -0.2) is 14.5 Å². The Morgan fingerprint density at radius 2 is 1.85 bits per heavy atom. The van der Waals surface area contributed by atoms with Gasteiger partial charge >= 0.3 is 0 Å². The van der Waals surface area contributed by atoms with Gasteiger partial charge in [-0.1, -0.05) is 20.8 Å². The molecule has 4 nitrogen and oxygen atoms in total. The zero-order valence-electron chi connectivity index (χ0n) is 12.0. The molecule has 0 aliphatic heterocycles. The van der Waals surface area contributed by atoms with Crippen molar-refractivity contribution in [3.8, 4) is 0 Å². The van der Waals surface area contributed by atoms with Crippen molar-refractivity contribution < 1.29 is 17.2 Å². The number of rotatable bonds is 4. The van der Waals surface area contributed by atoms with Crippen molar-refractivity contribution in [3.05, 3.63) is 29.3 Å². The summed E-state index contributed by atoms with van der Waals surface area (Å²) in [6.07, 6.45) is 0. The summed E-state index contributed by atoms with van der Waals surface area (Å²) in [7, 11) is -4.15. The smallest absolute Gasteiger partial charge is 0.243 e. The van der Waals surface area contributed by atoms with Crippen LogP contribution in [0.25, 0.3) is 0 Å². The van der Waals surface area contributed by atoms with Crippen LogP contribution in [0.2, 0.25) is 0 Å². The van der Waals surface area contributed by atoms with Crippen LogP contribution in [0.5, 0.6) is 0 Å². The van der Waals surface area contributed by atoms with E-state index in [9.17, 15) is 17.2 Å². The highest BCUT2D eigenvalue weighted by atomic mass is 32.2. The molecule has 0 fully saturated rings. The largest absolute Gasteiger partial charge is 0.326 e. The van der Waals surface area contributed by atoms with Crippen molar-refractivity contribution in [2.75, 3.05) is 0 Å². The second kappa shape index (κ2) is 5.75. The predicted octanol–water partition coefficient (Wildman–Crippen LogP) is 2.14. The van der Waals surface area contributed by atoms with Crippen molar-refractivity contribution >= 4 is 10.0 Å². The Morgan fingerprint density at radius 1 is 1.30 bits per heavy atom. The average Bonchev–Trinajstić information content (AvgIpc) is 2.30. The molecule has 0 bridgehead atoms. The first kappa shape index (κ1) is 17.0. The molecule has 0 aromatic heterocycles. The van der Waals surface area contributed by atoms with Crippen LogP contribution in [0.3, 0.4) is 0 Å². The van der Waals surface area contributed by atoms with Gasteiger partial charge in [0.05, 0.1) is 0 Å². The van der Waals surface area contributed by atoms with Crippen molar-refractivity contribution in [1.29, 1.82) is 0 Å². The second-order valence-electron chi connectivity index (χ2n) is 5.80. The Bertz CT molecular complexity index is 595. The minimum Gasteiger partial charge on any atom is -0.326 e. The summed E-state index contributed by atoms with van der Waals surface area (Å²) >= 11 is 0. The normalized spacial score (nSPS) is 14.3. The Balaban J connectivity index is 3.26. The highest BCUT2D eigenvalue weighted by Gasteiger charge is 2.29. The standard InChI is InChI=1S/C13H20F2N2O2S/c1-8(13(2,3)4)17-20(18,19)11-6-9(7-16)5-10(14)12(11)15/h5-6,8,17H,7,16H2,1-4H3. The molecule has 20 heavy (non-hydrogen) atoms. The third kappa shape index (κ3) is 3.74. The minimum absolute atomic E-state index is 0.0749. The lowest BCUT2D eigenvalue weighted by atomic mass is 9.89. The summed E-state index contributed by atoms with van der Waals surface area (Å²) in [6.45, 7) is 7.11. The van der Waals surface area contributed by atoms with Gasteiger partial charge in [0.2, 0.25) is 10.0 Å². The number of nitrogens with two attached hydrogens (primary N) is 1.